The molecule has 0 radical (unpaired) electrons. The van der Waals surface area contributed by atoms with Gasteiger partial charge in [-0.2, -0.15) is 0 Å². The fourth-order valence-electron chi connectivity index (χ4n) is 1.90. The third-order valence-electron chi connectivity index (χ3n) is 2.56. The van der Waals surface area contributed by atoms with Crippen LogP contribution in [0.15, 0.2) is 12.3 Å². The summed E-state index contributed by atoms with van der Waals surface area (Å²) in [6, 6.07) is 2.04. The Labute approximate surface area is 94.7 Å². The zero-order chi connectivity index (χ0) is 11.2. The minimum Gasteiger partial charge on any atom is -0.346 e. The zero-order valence-corrected chi connectivity index (χ0v) is 10.2. The Kier molecular flexibility index (Phi) is 2.27. The van der Waals surface area contributed by atoms with E-state index in [0.717, 1.165) is 21.7 Å². The Morgan fingerprint density at radius 1 is 1.33 bits per heavy atom. The van der Waals surface area contributed by atoms with Crippen LogP contribution >= 0.6 is 11.6 Å². The molecule has 0 saturated heterocycles. The Balaban J connectivity index is 2.90. The van der Waals surface area contributed by atoms with Crippen LogP contribution in [0.4, 0.5) is 0 Å². The number of halogens is 1. The number of aryl methyl sites for hydroxylation is 1. The standard InChI is InChI=1S/C12H15ClN2/c1-7-10(13)9(12(2,3)4)8-5-6-14-11(8)15-7/h5-6H,1-4H3,(H,14,15). The molecule has 0 spiro atoms. The monoisotopic (exact) mass is 222 g/mol. The van der Waals surface area contributed by atoms with Crippen LogP contribution in [0.1, 0.15) is 32.0 Å². The summed E-state index contributed by atoms with van der Waals surface area (Å²) in [5, 5.41) is 1.91. The number of hydrogen-bond donors (Lipinski definition) is 1. The van der Waals surface area contributed by atoms with E-state index >= 15 is 0 Å². The van der Waals surface area contributed by atoms with Crippen LogP contribution in [0.5, 0.6) is 0 Å². The van der Waals surface area contributed by atoms with E-state index in [1.807, 2.05) is 19.2 Å². The van der Waals surface area contributed by atoms with Gasteiger partial charge in [0.05, 0.1) is 10.7 Å². The molecule has 2 aromatic rings. The molecule has 0 amide bonds. The van der Waals surface area contributed by atoms with Gasteiger partial charge in [-0.3, -0.25) is 0 Å². The lowest BCUT2D eigenvalue weighted by Crippen LogP contribution is -2.13. The molecule has 0 fully saturated rings. The third-order valence-corrected chi connectivity index (χ3v) is 3.02. The van der Waals surface area contributed by atoms with E-state index in [2.05, 4.69) is 30.7 Å². The largest absolute Gasteiger partial charge is 0.346 e. The second kappa shape index (κ2) is 3.24. The summed E-state index contributed by atoms with van der Waals surface area (Å²) in [5.74, 6) is 0. The number of nitrogens with zero attached hydrogens (tertiary/aromatic N) is 1. The number of H-pyrrole nitrogens is 1. The van der Waals surface area contributed by atoms with Crippen LogP contribution in [0.3, 0.4) is 0 Å². The summed E-state index contributed by atoms with van der Waals surface area (Å²) in [6.45, 7) is 8.44. The van der Waals surface area contributed by atoms with Crippen LogP contribution < -0.4 is 0 Å². The van der Waals surface area contributed by atoms with Crippen molar-refractivity contribution < 1.29 is 0 Å². The molecule has 0 aliphatic heterocycles. The second-order valence-electron chi connectivity index (χ2n) is 4.88. The molecule has 0 aliphatic carbocycles. The maximum Gasteiger partial charge on any atom is 0.137 e. The van der Waals surface area contributed by atoms with Gasteiger partial charge in [0, 0.05) is 11.6 Å². The van der Waals surface area contributed by atoms with Crippen molar-refractivity contribution in [1.29, 1.82) is 0 Å². The number of fused-ring (bicyclic) bond motifs is 1. The summed E-state index contributed by atoms with van der Waals surface area (Å²) < 4.78 is 0. The number of aromatic nitrogens is 2. The molecule has 0 unspecified atom stereocenters. The molecule has 0 saturated carbocycles. The number of hydrogen-bond acceptors (Lipinski definition) is 1. The molecule has 2 rings (SSSR count). The molecule has 15 heavy (non-hydrogen) atoms. The number of rotatable bonds is 0. The molecular weight excluding hydrogens is 208 g/mol. The quantitative estimate of drug-likeness (QED) is 0.721. The Bertz CT molecular complexity index is 506. The third kappa shape index (κ3) is 1.63. The summed E-state index contributed by atoms with van der Waals surface area (Å²) >= 11 is 6.34. The highest BCUT2D eigenvalue weighted by molar-refractivity contribution is 6.33. The van der Waals surface area contributed by atoms with Gasteiger partial charge < -0.3 is 4.98 Å². The van der Waals surface area contributed by atoms with Crippen LogP contribution in [-0.4, -0.2) is 9.97 Å². The van der Waals surface area contributed by atoms with Gasteiger partial charge in [-0.05, 0) is 24.0 Å². The van der Waals surface area contributed by atoms with Gasteiger partial charge in [-0.15, -0.1) is 0 Å². The van der Waals surface area contributed by atoms with Crippen molar-refractivity contribution in [3.8, 4) is 0 Å². The number of nitrogens with one attached hydrogen (secondary N) is 1. The van der Waals surface area contributed by atoms with Gasteiger partial charge >= 0.3 is 0 Å². The summed E-state index contributed by atoms with van der Waals surface area (Å²) in [5.41, 5.74) is 3.01. The van der Waals surface area contributed by atoms with E-state index in [9.17, 15) is 0 Å². The van der Waals surface area contributed by atoms with Gasteiger partial charge in [0.2, 0.25) is 0 Å². The van der Waals surface area contributed by atoms with E-state index in [1.165, 1.54) is 5.56 Å². The molecule has 2 aromatic heterocycles. The maximum absolute atomic E-state index is 6.34. The molecule has 0 aliphatic rings. The van der Waals surface area contributed by atoms with Crippen molar-refractivity contribution in [2.45, 2.75) is 33.1 Å². The molecular formula is C12H15ClN2. The van der Waals surface area contributed by atoms with Crippen molar-refractivity contribution in [1.82, 2.24) is 9.97 Å². The molecule has 2 nitrogen and oxygen atoms in total. The minimum absolute atomic E-state index is 0.0330. The van der Waals surface area contributed by atoms with Crippen LogP contribution in [0.2, 0.25) is 5.02 Å². The molecule has 80 valence electrons. The highest BCUT2D eigenvalue weighted by atomic mass is 35.5. The Hall–Kier alpha value is -1.02. The number of aromatic amines is 1. The van der Waals surface area contributed by atoms with E-state index in [4.69, 9.17) is 11.6 Å². The van der Waals surface area contributed by atoms with E-state index in [-0.39, 0.29) is 5.41 Å². The average molecular weight is 223 g/mol. The zero-order valence-electron chi connectivity index (χ0n) is 9.48. The first-order valence-electron chi connectivity index (χ1n) is 5.05. The van der Waals surface area contributed by atoms with Crippen molar-refractivity contribution in [2.24, 2.45) is 0 Å². The fraction of sp³-hybridized carbons (Fsp3) is 0.417. The smallest absolute Gasteiger partial charge is 0.137 e. The molecule has 2 heterocycles. The first-order chi connectivity index (χ1) is 6.91. The van der Waals surface area contributed by atoms with Crippen molar-refractivity contribution in [3.05, 3.63) is 28.5 Å². The van der Waals surface area contributed by atoms with Gasteiger partial charge in [0.25, 0.3) is 0 Å². The lowest BCUT2D eigenvalue weighted by Gasteiger charge is -2.22. The lowest BCUT2D eigenvalue weighted by molar-refractivity contribution is 0.595. The Morgan fingerprint density at radius 2 is 2.00 bits per heavy atom. The first-order valence-corrected chi connectivity index (χ1v) is 5.42. The molecule has 0 bridgehead atoms. The van der Waals surface area contributed by atoms with Crippen molar-refractivity contribution >= 4 is 22.6 Å². The normalized spacial score (nSPS) is 12.3. The average Bonchev–Trinajstić information content (AvgIpc) is 2.50. The maximum atomic E-state index is 6.34. The van der Waals surface area contributed by atoms with Crippen molar-refractivity contribution in [2.75, 3.05) is 0 Å². The van der Waals surface area contributed by atoms with Crippen LogP contribution in [0.25, 0.3) is 11.0 Å². The van der Waals surface area contributed by atoms with E-state index < -0.39 is 0 Å². The van der Waals surface area contributed by atoms with Gasteiger partial charge in [0.1, 0.15) is 5.65 Å². The topological polar surface area (TPSA) is 28.7 Å². The fourth-order valence-corrected chi connectivity index (χ4v) is 2.33. The molecule has 3 heteroatoms. The summed E-state index contributed by atoms with van der Waals surface area (Å²) in [7, 11) is 0. The SMILES string of the molecule is Cc1nc2[nH]ccc2c(C(C)(C)C)c1Cl. The molecule has 0 aromatic carbocycles. The van der Waals surface area contributed by atoms with Crippen molar-refractivity contribution in [3.63, 3.8) is 0 Å². The van der Waals surface area contributed by atoms with Crippen LogP contribution in [0, 0.1) is 6.92 Å². The highest BCUT2D eigenvalue weighted by Crippen LogP contribution is 2.36. The van der Waals surface area contributed by atoms with E-state index in [1.54, 1.807) is 0 Å². The second-order valence-corrected chi connectivity index (χ2v) is 5.25. The Morgan fingerprint density at radius 3 is 2.60 bits per heavy atom. The summed E-state index contributed by atoms with van der Waals surface area (Å²) in [6.07, 6.45) is 1.91. The number of pyridine rings is 1. The van der Waals surface area contributed by atoms with Gasteiger partial charge in [-0.1, -0.05) is 32.4 Å². The first kappa shape index (κ1) is 10.5. The highest BCUT2D eigenvalue weighted by Gasteiger charge is 2.22. The molecule has 0 atom stereocenters. The minimum atomic E-state index is 0.0330. The lowest BCUT2D eigenvalue weighted by atomic mass is 9.85. The summed E-state index contributed by atoms with van der Waals surface area (Å²) in [4.78, 5) is 7.55. The molecule has 1 N–H and O–H groups in total. The van der Waals surface area contributed by atoms with Gasteiger partial charge in [-0.25, -0.2) is 4.98 Å². The van der Waals surface area contributed by atoms with E-state index in [0.29, 0.717) is 0 Å². The van der Waals surface area contributed by atoms with Crippen LogP contribution in [-0.2, 0) is 5.41 Å². The van der Waals surface area contributed by atoms with Gasteiger partial charge in [0.15, 0.2) is 0 Å². The predicted octanol–water partition coefficient (Wildman–Crippen LogP) is 3.82. The predicted molar refractivity (Wildman–Crippen MR) is 64.5 cm³/mol.